The summed E-state index contributed by atoms with van der Waals surface area (Å²) in [5.74, 6) is -0.223. The Labute approximate surface area is 232 Å². The minimum absolute atomic E-state index is 0.170. The molecule has 0 aliphatic heterocycles. The minimum atomic E-state index is -0.949. The van der Waals surface area contributed by atoms with E-state index in [9.17, 15) is 9.90 Å². The molecular formula is C34H40O5. The van der Waals surface area contributed by atoms with Crippen LogP contribution in [0.15, 0.2) is 60.7 Å². The Hall–Kier alpha value is -3.41. The van der Waals surface area contributed by atoms with Crippen molar-refractivity contribution >= 4 is 18.1 Å². The second-order valence-corrected chi connectivity index (χ2v) is 9.99. The molecule has 0 aromatic heterocycles. The first-order valence-corrected chi connectivity index (χ1v) is 14.1. The Bertz CT molecular complexity index is 1200. The van der Waals surface area contributed by atoms with Crippen LogP contribution < -0.4 is 4.74 Å². The van der Waals surface area contributed by atoms with Gasteiger partial charge in [-0.3, -0.25) is 0 Å². The van der Waals surface area contributed by atoms with Crippen molar-refractivity contribution in [3.63, 3.8) is 0 Å². The first-order chi connectivity index (χ1) is 19.0. The topological polar surface area (TPSA) is 65.0 Å². The van der Waals surface area contributed by atoms with Gasteiger partial charge in [-0.15, -0.1) is 0 Å². The lowest BCUT2D eigenvalue weighted by atomic mass is 9.92. The highest BCUT2D eigenvalue weighted by atomic mass is 16.5. The lowest BCUT2D eigenvalue weighted by Crippen LogP contribution is -2.26. The number of carboxylic acids is 1. The monoisotopic (exact) mass is 528 g/mol. The zero-order valence-electron chi connectivity index (χ0n) is 23.3. The van der Waals surface area contributed by atoms with Crippen LogP contribution in [-0.2, 0) is 33.5 Å². The van der Waals surface area contributed by atoms with Gasteiger partial charge < -0.3 is 19.3 Å². The number of carbonyl (C=O) groups is 1. The fourth-order valence-electron chi connectivity index (χ4n) is 5.10. The van der Waals surface area contributed by atoms with Gasteiger partial charge >= 0.3 is 5.97 Å². The van der Waals surface area contributed by atoms with E-state index in [1.54, 1.807) is 6.92 Å². The van der Waals surface area contributed by atoms with Crippen molar-refractivity contribution in [2.45, 2.75) is 65.1 Å². The Morgan fingerprint density at radius 2 is 1.36 bits per heavy atom. The average molecular weight is 529 g/mol. The van der Waals surface area contributed by atoms with Crippen LogP contribution in [-0.4, -0.2) is 37.0 Å². The summed E-state index contributed by atoms with van der Waals surface area (Å²) < 4.78 is 17.9. The van der Waals surface area contributed by atoms with Crippen molar-refractivity contribution in [2.75, 3.05) is 19.8 Å². The highest BCUT2D eigenvalue weighted by molar-refractivity contribution is 5.76. The summed E-state index contributed by atoms with van der Waals surface area (Å²) >= 11 is 0. The second-order valence-electron chi connectivity index (χ2n) is 9.99. The number of rotatable bonds is 14. The molecular weight excluding hydrogens is 488 g/mol. The van der Waals surface area contributed by atoms with Gasteiger partial charge in [-0.25, -0.2) is 4.79 Å². The van der Waals surface area contributed by atoms with Crippen molar-refractivity contribution in [3.8, 4) is 5.75 Å². The molecule has 5 heteroatoms. The fraction of sp³-hybridized carbons (Fsp3) is 0.382. The minimum Gasteiger partial charge on any atom is -0.491 e. The molecule has 0 saturated carbocycles. The summed E-state index contributed by atoms with van der Waals surface area (Å²) in [6, 6.07) is 21.0. The molecule has 4 rings (SSSR count). The molecule has 0 bridgehead atoms. The predicted molar refractivity (Wildman–Crippen MR) is 156 cm³/mol. The van der Waals surface area contributed by atoms with Gasteiger partial charge in [0.05, 0.1) is 6.61 Å². The van der Waals surface area contributed by atoms with E-state index in [0.29, 0.717) is 26.2 Å². The van der Waals surface area contributed by atoms with E-state index in [1.807, 2.05) is 24.3 Å². The van der Waals surface area contributed by atoms with Crippen molar-refractivity contribution < 1.29 is 24.1 Å². The first-order valence-electron chi connectivity index (χ1n) is 14.1. The van der Waals surface area contributed by atoms with Gasteiger partial charge in [-0.1, -0.05) is 87.4 Å². The molecule has 39 heavy (non-hydrogen) atoms. The van der Waals surface area contributed by atoms with E-state index >= 15 is 0 Å². The van der Waals surface area contributed by atoms with Crippen molar-refractivity contribution in [2.24, 2.45) is 0 Å². The standard InChI is InChI=1S/C34H40O5/c1-4-7-24-9-13-27-15-16-28-14-10-25(8-5-2)22-31(28)33(30(27)21-24)39-20-19-38-29-17-11-26(12-18-29)23-32(34(35)36)37-6-3/h9-18,21-22,32-33H,4-8,19-20,23H2,1-3H3,(H,35,36). The number of carboxylic acid groups (broad SMARTS) is 1. The van der Waals surface area contributed by atoms with E-state index in [0.717, 1.165) is 37.0 Å². The Morgan fingerprint density at radius 3 is 1.87 bits per heavy atom. The number of hydrogen-bond acceptors (Lipinski definition) is 4. The highest BCUT2D eigenvalue weighted by Gasteiger charge is 2.23. The summed E-state index contributed by atoms with van der Waals surface area (Å²) in [6.07, 6.45) is 8.01. The van der Waals surface area contributed by atoms with Gasteiger partial charge in [-0.2, -0.15) is 0 Å². The summed E-state index contributed by atoms with van der Waals surface area (Å²) in [7, 11) is 0. The molecule has 1 unspecified atom stereocenters. The van der Waals surface area contributed by atoms with Crippen LogP contribution in [0, 0.1) is 0 Å². The van der Waals surface area contributed by atoms with Crippen molar-refractivity contribution in [1.29, 1.82) is 0 Å². The quantitative estimate of drug-likeness (QED) is 0.223. The van der Waals surface area contributed by atoms with Crippen LogP contribution >= 0.6 is 0 Å². The predicted octanol–water partition coefficient (Wildman–Crippen LogP) is 7.29. The maximum atomic E-state index is 11.4. The molecule has 206 valence electrons. The molecule has 0 heterocycles. The Morgan fingerprint density at radius 1 is 0.795 bits per heavy atom. The number of ether oxygens (including phenoxy) is 3. The summed E-state index contributed by atoms with van der Waals surface area (Å²) in [4.78, 5) is 11.4. The van der Waals surface area contributed by atoms with Crippen LogP contribution in [0.2, 0.25) is 0 Å². The third-order valence-electron chi connectivity index (χ3n) is 7.01. The van der Waals surface area contributed by atoms with Crippen LogP contribution in [0.3, 0.4) is 0 Å². The summed E-state index contributed by atoms with van der Waals surface area (Å²) in [5.41, 5.74) is 8.35. The Kier molecular flexibility index (Phi) is 10.3. The van der Waals surface area contributed by atoms with E-state index in [4.69, 9.17) is 14.2 Å². The van der Waals surface area contributed by atoms with Gasteiger partial charge in [0.25, 0.3) is 0 Å². The van der Waals surface area contributed by atoms with E-state index in [1.165, 1.54) is 33.4 Å². The second kappa shape index (κ2) is 14.1. The van der Waals surface area contributed by atoms with Gasteiger partial charge in [-0.05, 0) is 70.8 Å². The lowest BCUT2D eigenvalue weighted by molar-refractivity contribution is -0.149. The van der Waals surface area contributed by atoms with Crippen molar-refractivity contribution in [1.82, 2.24) is 0 Å². The molecule has 0 spiro atoms. The average Bonchev–Trinajstić information content (AvgIpc) is 3.08. The molecule has 1 atom stereocenters. The fourth-order valence-corrected chi connectivity index (χ4v) is 5.10. The number of benzene rings is 3. The zero-order chi connectivity index (χ0) is 27.6. The van der Waals surface area contributed by atoms with Crippen LogP contribution in [0.1, 0.15) is 78.7 Å². The molecule has 1 aliphatic carbocycles. The molecule has 0 amide bonds. The molecule has 0 fully saturated rings. The number of aliphatic carboxylic acids is 1. The molecule has 0 saturated heterocycles. The van der Waals surface area contributed by atoms with E-state index in [-0.39, 0.29) is 6.10 Å². The Balaban J connectivity index is 1.46. The smallest absolute Gasteiger partial charge is 0.333 e. The molecule has 5 nitrogen and oxygen atoms in total. The number of hydrogen-bond donors (Lipinski definition) is 1. The van der Waals surface area contributed by atoms with E-state index in [2.05, 4.69) is 62.4 Å². The zero-order valence-corrected chi connectivity index (χ0v) is 23.3. The molecule has 1 aliphatic rings. The summed E-state index contributed by atoms with van der Waals surface area (Å²) in [5, 5.41) is 9.33. The maximum absolute atomic E-state index is 11.4. The number of aryl methyl sites for hydroxylation is 2. The lowest BCUT2D eigenvalue weighted by Gasteiger charge is -2.23. The van der Waals surface area contributed by atoms with Gasteiger partial charge in [0.2, 0.25) is 0 Å². The molecule has 3 aromatic carbocycles. The van der Waals surface area contributed by atoms with Gasteiger partial charge in [0, 0.05) is 13.0 Å². The molecule has 3 aromatic rings. The van der Waals surface area contributed by atoms with Gasteiger partial charge in [0.15, 0.2) is 6.10 Å². The SMILES string of the molecule is CCCc1ccc2c(c1)C(OCCOc1ccc(CC(OCC)C(=O)O)cc1)c1cc(CCC)ccc1C=C2. The largest absolute Gasteiger partial charge is 0.491 e. The third kappa shape index (κ3) is 7.59. The van der Waals surface area contributed by atoms with Crippen molar-refractivity contribution in [3.05, 3.63) is 99.6 Å². The maximum Gasteiger partial charge on any atom is 0.333 e. The van der Waals surface area contributed by atoms with E-state index < -0.39 is 12.1 Å². The molecule has 1 N–H and O–H groups in total. The van der Waals surface area contributed by atoms with Crippen LogP contribution in [0.25, 0.3) is 12.2 Å². The normalized spacial score (nSPS) is 13.4. The first kappa shape index (κ1) is 28.6. The third-order valence-corrected chi connectivity index (χ3v) is 7.01. The van der Waals surface area contributed by atoms with Gasteiger partial charge in [0.1, 0.15) is 18.5 Å². The molecule has 0 radical (unpaired) electrons. The highest BCUT2D eigenvalue weighted by Crippen LogP contribution is 2.37. The number of fused-ring (bicyclic) bond motifs is 2. The van der Waals surface area contributed by atoms with Crippen LogP contribution in [0.4, 0.5) is 0 Å². The summed E-state index contributed by atoms with van der Waals surface area (Å²) in [6.45, 7) is 7.43. The van der Waals surface area contributed by atoms with Crippen LogP contribution in [0.5, 0.6) is 5.75 Å².